The molecule has 0 spiro atoms. The molecule has 0 N–H and O–H groups in total. The maximum absolute atomic E-state index is 5.93. The molecule has 15 heavy (non-hydrogen) atoms. The Morgan fingerprint density at radius 2 is 1.93 bits per heavy atom. The van der Waals surface area contributed by atoms with Crippen molar-refractivity contribution in [2.45, 2.75) is 13.8 Å². The quantitative estimate of drug-likeness (QED) is 0.652. The summed E-state index contributed by atoms with van der Waals surface area (Å²) in [6, 6.07) is 5.57. The van der Waals surface area contributed by atoms with Crippen LogP contribution in [0, 0.1) is 5.92 Å². The molecule has 0 unspecified atom stereocenters. The summed E-state index contributed by atoms with van der Waals surface area (Å²) in [6.07, 6.45) is 2.06. The van der Waals surface area contributed by atoms with Crippen LogP contribution >= 0.6 is 34.8 Å². The number of rotatable bonds is 3. The standard InChI is InChI=1S/C12H13Cl3/c1-8(2)10(7-13)5-9-3-4-11(14)12(15)6-9/h3-6,8H,7H2,1-2H3. The van der Waals surface area contributed by atoms with Crippen molar-refractivity contribution in [3.05, 3.63) is 39.4 Å². The average Bonchev–Trinajstić information content (AvgIpc) is 2.19. The molecule has 0 heterocycles. The first kappa shape index (κ1) is 12.9. The SMILES string of the molecule is CC(C)C(=Cc1ccc(Cl)c(Cl)c1)CCl. The molecule has 3 heteroatoms. The van der Waals surface area contributed by atoms with E-state index in [0.29, 0.717) is 21.8 Å². The van der Waals surface area contributed by atoms with Crippen molar-refractivity contribution < 1.29 is 0 Å². The molecule has 82 valence electrons. The fourth-order valence-electron chi connectivity index (χ4n) is 1.18. The van der Waals surface area contributed by atoms with E-state index >= 15 is 0 Å². The third kappa shape index (κ3) is 3.71. The zero-order chi connectivity index (χ0) is 11.4. The van der Waals surface area contributed by atoms with Gasteiger partial charge < -0.3 is 0 Å². The van der Waals surface area contributed by atoms with Gasteiger partial charge in [0.15, 0.2) is 0 Å². The number of allylic oxidation sites excluding steroid dienone is 1. The van der Waals surface area contributed by atoms with Gasteiger partial charge in [-0.1, -0.05) is 54.8 Å². The van der Waals surface area contributed by atoms with E-state index in [4.69, 9.17) is 34.8 Å². The number of benzene rings is 1. The minimum Gasteiger partial charge on any atom is -0.122 e. The predicted molar refractivity (Wildman–Crippen MR) is 70.0 cm³/mol. The van der Waals surface area contributed by atoms with Gasteiger partial charge in [-0.15, -0.1) is 11.6 Å². The number of hydrogen-bond acceptors (Lipinski definition) is 0. The fraction of sp³-hybridized carbons (Fsp3) is 0.333. The number of alkyl halides is 1. The van der Waals surface area contributed by atoms with E-state index in [9.17, 15) is 0 Å². The summed E-state index contributed by atoms with van der Waals surface area (Å²) >= 11 is 17.6. The highest BCUT2D eigenvalue weighted by Gasteiger charge is 2.03. The molecule has 1 aromatic carbocycles. The summed E-state index contributed by atoms with van der Waals surface area (Å²) < 4.78 is 0. The Morgan fingerprint density at radius 3 is 2.40 bits per heavy atom. The largest absolute Gasteiger partial charge is 0.122 e. The van der Waals surface area contributed by atoms with Gasteiger partial charge in [0.05, 0.1) is 10.0 Å². The van der Waals surface area contributed by atoms with Crippen molar-refractivity contribution in [3.63, 3.8) is 0 Å². The second-order valence-electron chi connectivity index (χ2n) is 3.68. The normalized spacial score (nSPS) is 12.3. The monoisotopic (exact) mass is 262 g/mol. The molecule has 0 nitrogen and oxygen atoms in total. The van der Waals surface area contributed by atoms with E-state index in [2.05, 4.69) is 19.9 Å². The lowest BCUT2D eigenvalue weighted by molar-refractivity contribution is 0.778. The molecule has 0 amide bonds. The summed E-state index contributed by atoms with van der Waals surface area (Å²) in [4.78, 5) is 0. The van der Waals surface area contributed by atoms with Gasteiger partial charge in [-0.3, -0.25) is 0 Å². The maximum Gasteiger partial charge on any atom is 0.0598 e. The maximum atomic E-state index is 5.93. The summed E-state index contributed by atoms with van der Waals surface area (Å²) in [5.41, 5.74) is 2.23. The first-order valence-electron chi connectivity index (χ1n) is 4.76. The van der Waals surface area contributed by atoms with Gasteiger partial charge in [0.2, 0.25) is 0 Å². The van der Waals surface area contributed by atoms with Crippen LogP contribution in [0.3, 0.4) is 0 Å². The molecule has 0 saturated heterocycles. The molecule has 0 aromatic heterocycles. The van der Waals surface area contributed by atoms with Gasteiger partial charge >= 0.3 is 0 Å². The first-order chi connectivity index (χ1) is 7.04. The molecule has 0 atom stereocenters. The van der Waals surface area contributed by atoms with Crippen LogP contribution in [0.15, 0.2) is 23.8 Å². The summed E-state index contributed by atoms with van der Waals surface area (Å²) in [6.45, 7) is 4.23. The Labute approximate surface area is 106 Å². The molecule has 0 aliphatic carbocycles. The first-order valence-corrected chi connectivity index (χ1v) is 6.05. The molecule has 0 radical (unpaired) electrons. The lowest BCUT2D eigenvalue weighted by Crippen LogP contribution is -1.95. The fourth-order valence-corrected chi connectivity index (χ4v) is 1.87. The predicted octanol–water partition coefficient (Wildman–Crippen LogP) is 5.27. The van der Waals surface area contributed by atoms with Crippen molar-refractivity contribution >= 4 is 40.9 Å². The van der Waals surface area contributed by atoms with Crippen molar-refractivity contribution in [2.75, 3.05) is 5.88 Å². The molecule has 0 bridgehead atoms. The van der Waals surface area contributed by atoms with Gasteiger partial charge in [0.25, 0.3) is 0 Å². The Balaban J connectivity index is 3.01. The molecular formula is C12H13Cl3. The number of hydrogen-bond donors (Lipinski definition) is 0. The van der Waals surface area contributed by atoms with Crippen LogP contribution < -0.4 is 0 Å². The van der Waals surface area contributed by atoms with Crippen LogP contribution in [-0.2, 0) is 0 Å². The average molecular weight is 264 g/mol. The topological polar surface area (TPSA) is 0 Å². The van der Waals surface area contributed by atoms with Gasteiger partial charge in [-0.05, 0) is 23.6 Å². The molecule has 1 rings (SSSR count). The Hall–Kier alpha value is -0.170. The second kappa shape index (κ2) is 5.79. The van der Waals surface area contributed by atoms with Crippen molar-refractivity contribution in [3.8, 4) is 0 Å². The van der Waals surface area contributed by atoms with Gasteiger partial charge in [-0.25, -0.2) is 0 Å². The highest BCUT2D eigenvalue weighted by atomic mass is 35.5. The van der Waals surface area contributed by atoms with E-state index in [-0.39, 0.29) is 0 Å². The van der Waals surface area contributed by atoms with Crippen LogP contribution in [0.1, 0.15) is 19.4 Å². The molecule has 0 aliphatic rings. The Morgan fingerprint density at radius 1 is 1.27 bits per heavy atom. The lowest BCUT2D eigenvalue weighted by atomic mass is 10.0. The third-order valence-corrected chi connectivity index (χ3v) is 3.24. The van der Waals surface area contributed by atoms with Gasteiger partial charge in [0, 0.05) is 5.88 Å². The van der Waals surface area contributed by atoms with Crippen LogP contribution in [0.2, 0.25) is 10.0 Å². The third-order valence-electron chi connectivity index (χ3n) is 2.19. The van der Waals surface area contributed by atoms with E-state index in [1.54, 1.807) is 6.07 Å². The molecule has 0 saturated carbocycles. The van der Waals surface area contributed by atoms with E-state index in [1.807, 2.05) is 12.1 Å². The molecular weight excluding hydrogens is 250 g/mol. The van der Waals surface area contributed by atoms with Crippen LogP contribution in [-0.4, -0.2) is 5.88 Å². The molecule has 0 aliphatic heterocycles. The zero-order valence-electron chi connectivity index (χ0n) is 8.73. The van der Waals surface area contributed by atoms with Gasteiger partial charge in [-0.2, -0.15) is 0 Å². The second-order valence-corrected chi connectivity index (χ2v) is 4.76. The highest BCUT2D eigenvalue weighted by molar-refractivity contribution is 6.42. The van der Waals surface area contributed by atoms with Crippen molar-refractivity contribution in [1.29, 1.82) is 0 Å². The zero-order valence-corrected chi connectivity index (χ0v) is 11.0. The summed E-state index contributed by atoms with van der Waals surface area (Å²) in [5.74, 6) is 0.981. The number of halogens is 3. The summed E-state index contributed by atoms with van der Waals surface area (Å²) in [5, 5.41) is 1.15. The van der Waals surface area contributed by atoms with Crippen molar-refractivity contribution in [1.82, 2.24) is 0 Å². The Kier molecular flexibility index (Phi) is 4.98. The smallest absolute Gasteiger partial charge is 0.0598 e. The van der Waals surface area contributed by atoms with Crippen LogP contribution in [0.4, 0.5) is 0 Å². The van der Waals surface area contributed by atoms with Crippen LogP contribution in [0.5, 0.6) is 0 Å². The van der Waals surface area contributed by atoms with E-state index in [0.717, 1.165) is 5.56 Å². The van der Waals surface area contributed by atoms with Crippen molar-refractivity contribution in [2.24, 2.45) is 5.92 Å². The van der Waals surface area contributed by atoms with Gasteiger partial charge in [0.1, 0.15) is 0 Å². The summed E-state index contributed by atoms with van der Waals surface area (Å²) in [7, 11) is 0. The Bertz CT molecular complexity index is 367. The van der Waals surface area contributed by atoms with Crippen LogP contribution in [0.25, 0.3) is 6.08 Å². The van der Waals surface area contributed by atoms with E-state index in [1.165, 1.54) is 5.57 Å². The lowest BCUT2D eigenvalue weighted by Gasteiger charge is -2.07. The highest BCUT2D eigenvalue weighted by Crippen LogP contribution is 2.24. The molecule has 0 fully saturated rings. The molecule has 1 aromatic rings. The minimum atomic E-state index is 0.442. The van der Waals surface area contributed by atoms with E-state index < -0.39 is 0 Å². The minimum absolute atomic E-state index is 0.442.